The minimum Gasteiger partial charge on any atom is -0.291 e. The molecule has 23 heavy (non-hydrogen) atoms. The van der Waals surface area contributed by atoms with E-state index in [1.165, 1.54) is 30.6 Å². The van der Waals surface area contributed by atoms with E-state index in [9.17, 15) is 9.59 Å². The van der Waals surface area contributed by atoms with Gasteiger partial charge in [-0.1, -0.05) is 30.5 Å². The first kappa shape index (κ1) is 14.9. The first-order valence-corrected chi connectivity index (χ1v) is 8.81. The Hall–Kier alpha value is -1.68. The van der Waals surface area contributed by atoms with Crippen molar-refractivity contribution in [3.8, 4) is 0 Å². The molecule has 4 nitrogen and oxygen atoms in total. The van der Waals surface area contributed by atoms with Crippen LogP contribution in [0.15, 0.2) is 24.3 Å². The molecule has 0 bridgehead atoms. The van der Waals surface area contributed by atoms with Crippen molar-refractivity contribution >= 4 is 17.5 Å². The van der Waals surface area contributed by atoms with Crippen LogP contribution in [0.4, 0.5) is 5.69 Å². The Labute approximate surface area is 137 Å². The van der Waals surface area contributed by atoms with E-state index in [2.05, 4.69) is 4.90 Å². The van der Waals surface area contributed by atoms with E-state index in [-0.39, 0.29) is 17.9 Å². The van der Waals surface area contributed by atoms with Crippen molar-refractivity contribution in [2.45, 2.75) is 45.1 Å². The van der Waals surface area contributed by atoms with Gasteiger partial charge in [0.25, 0.3) is 5.91 Å². The normalized spacial score (nSPS) is 31.7. The van der Waals surface area contributed by atoms with E-state index in [0.717, 1.165) is 30.5 Å². The fourth-order valence-electron chi connectivity index (χ4n) is 4.56. The monoisotopic (exact) mass is 312 g/mol. The molecule has 1 aliphatic carbocycles. The maximum absolute atomic E-state index is 12.9. The molecule has 2 aliphatic heterocycles. The molecule has 2 heterocycles. The highest BCUT2D eigenvalue weighted by atomic mass is 16.2. The second kappa shape index (κ2) is 5.75. The van der Waals surface area contributed by atoms with Gasteiger partial charge >= 0.3 is 0 Å². The number of aryl methyl sites for hydroxylation is 1. The molecular formula is C19H24N2O2. The zero-order valence-electron chi connectivity index (χ0n) is 13.7. The Balaban J connectivity index is 1.52. The van der Waals surface area contributed by atoms with Crippen LogP contribution in [-0.4, -0.2) is 35.8 Å². The average Bonchev–Trinajstić information content (AvgIpc) is 3.09. The number of carbonyl (C=O) groups excluding carboxylic acids is 2. The van der Waals surface area contributed by atoms with E-state index in [0.29, 0.717) is 12.1 Å². The molecule has 122 valence electrons. The van der Waals surface area contributed by atoms with Crippen molar-refractivity contribution in [1.82, 2.24) is 4.90 Å². The molecule has 1 aromatic rings. The van der Waals surface area contributed by atoms with Crippen LogP contribution >= 0.6 is 0 Å². The second-order valence-corrected chi connectivity index (χ2v) is 7.38. The lowest BCUT2D eigenvalue weighted by atomic mass is 9.82. The fourth-order valence-corrected chi connectivity index (χ4v) is 4.56. The fraction of sp³-hybridized carbons (Fsp3) is 0.579. The molecule has 3 aliphatic rings. The predicted molar refractivity (Wildman–Crippen MR) is 89.1 cm³/mol. The Morgan fingerprint density at radius 3 is 2.17 bits per heavy atom. The highest BCUT2D eigenvalue weighted by Crippen LogP contribution is 2.38. The minimum atomic E-state index is -0.241. The molecule has 0 aromatic heterocycles. The third kappa shape index (κ3) is 2.59. The van der Waals surface area contributed by atoms with E-state index < -0.39 is 0 Å². The third-order valence-corrected chi connectivity index (χ3v) is 5.86. The number of hydrogen-bond donors (Lipinski definition) is 0. The van der Waals surface area contributed by atoms with Gasteiger partial charge in [-0.2, -0.15) is 0 Å². The first-order valence-electron chi connectivity index (χ1n) is 8.81. The number of likely N-dealkylation sites (tertiary alicyclic amines) is 1. The number of benzene rings is 1. The average molecular weight is 312 g/mol. The number of imide groups is 1. The highest BCUT2D eigenvalue weighted by molar-refractivity contribution is 6.22. The summed E-state index contributed by atoms with van der Waals surface area (Å²) in [5.74, 6) is 1.39. The van der Waals surface area contributed by atoms with Gasteiger partial charge in [-0.15, -0.1) is 0 Å². The Morgan fingerprint density at radius 2 is 1.57 bits per heavy atom. The Kier molecular flexibility index (Phi) is 3.72. The third-order valence-electron chi connectivity index (χ3n) is 5.86. The highest BCUT2D eigenvalue weighted by Gasteiger charge is 2.46. The number of carbonyl (C=O) groups is 2. The van der Waals surface area contributed by atoms with Crippen LogP contribution in [0.25, 0.3) is 0 Å². The maximum Gasteiger partial charge on any atom is 0.251 e. The smallest absolute Gasteiger partial charge is 0.251 e. The van der Waals surface area contributed by atoms with Crippen LogP contribution in [0.3, 0.4) is 0 Å². The number of anilines is 1. The number of amides is 2. The lowest BCUT2D eigenvalue weighted by molar-refractivity contribution is -0.122. The van der Waals surface area contributed by atoms with Gasteiger partial charge in [0.2, 0.25) is 5.91 Å². The minimum absolute atomic E-state index is 0.0301. The standard InChI is InChI=1S/C19H24N2O2/c1-13-6-8-16(9-7-13)21-18(22)10-17(19(21)23)20-11-14-4-2-3-5-15(14)12-20/h6-9,14-15,17H,2-5,10-12H2,1H3/t14-,15+,17-/m0/s1. The summed E-state index contributed by atoms with van der Waals surface area (Å²) in [5, 5.41) is 0. The Morgan fingerprint density at radius 1 is 0.957 bits per heavy atom. The van der Waals surface area contributed by atoms with Gasteiger partial charge in [-0.25, -0.2) is 4.90 Å². The predicted octanol–water partition coefficient (Wildman–Crippen LogP) is 2.75. The molecular weight excluding hydrogens is 288 g/mol. The zero-order valence-corrected chi connectivity index (χ0v) is 13.7. The van der Waals surface area contributed by atoms with Crippen molar-refractivity contribution < 1.29 is 9.59 Å². The van der Waals surface area contributed by atoms with Crippen LogP contribution < -0.4 is 4.90 Å². The van der Waals surface area contributed by atoms with Gasteiger partial charge in [0, 0.05) is 13.1 Å². The molecule has 2 saturated heterocycles. The van der Waals surface area contributed by atoms with E-state index in [1.54, 1.807) is 0 Å². The van der Waals surface area contributed by atoms with Crippen molar-refractivity contribution in [2.75, 3.05) is 18.0 Å². The van der Waals surface area contributed by atoms with Crippen LogP contribution in [0.5, 0.6) is 0 Å². The molecule has 1 saturated carbocycles. The SMILES string of the molecule is Cc1ccc(N2C(=O)C[C@H](N3C[C@H]4CCCC[C@H]4C3)C2=O)cc1. The number of rotatable bonds is 2. The molecule has 3 fully saturated rings. The van der Waals surface area contributed by atoms with Crippen LogP contribution in [0.2, 0.25) is 0 Å². The summed E-state index contributed by atoms with van der Waals surface area (Å²) in [6.07, 6.45) is 5.56. The number of nitrogens with zero attached hydrogens (tertiary/aromatic N) is 2. The summed E-state index contributed by atoms with van der Waals surface area (Å²) >= 11 is 0. The van der Waals surface area contributed by atoms with Gasteiger partial charge < -0.3 is 0 Å². The van der Waals surface area contributed by atoms with Crippen LogP contribution in [-0.2, 0) is 9.59 Å². The van der Waals surface area contributed by atoms with Gasteiger partial charge in [0.15, 0.2) is 0 Å². The lowest BCUT2D eigenvalue weighted by Crippen LogP contribution is -2.41. The summed E-state index contributed by atoms with van der Waals surface area (Å²) in [5.41, 5.74) is 1.85. The van der Waals surface area contributed by atoms with E-state index in [1.807, 2.05) is 31.2 Å². The molecule has 3 atom stereocenters. The molecule has 4 rings (SSSR count). The summed E-state index contributed by atoms with van der Waals surface area (Å²) < 4.78 is 0. The molecule has 0 unspecified atom stereocenters. The van der Waals surface area contributed by atoms with Crippen molar-refractivity contribution in [3.63, 3.8) is 0 Å². The summed E-state index contributed by atoms with van der Waals surface area (Å²) in [4.78, 5) is 29.0. The van der Waals surface area contributed by atoms with Gasteiger partial charge in [-0.3, -0.25) is 14.5 Å². The largest absolute Gasteiger partial charge is 0.291 e. The number of hydrogen-bond acceptors (Lipinski definition) is 3. The Bertz CT molecular complexity index is 611. The van der Waals surface area contributed by atoms with Crippen molar-refractivity contribution in [2.24, 2.45) is 11.8 Å². The van der Waals surface area contributed by atoms with Crippen LogP contribution in [0, 0.1) is 18.8 Å². The lowest BCUT2D eigenvalue weighted by Gasteiger charge is -2.23. The van der Waals surface area contributed by atoms with Gasteiger partial charge in [-0.05, 0) is 43.7 Å². The first-order chi connectivity index (χ1) is 11.1. The van der Waals surface area contributed by atoms with E-state index in [4.69, 9.17) is 0 Å². The molecule has 0 N–H and O–H groups in total. The van der Waals surface area contributed by atoms with Gasteiger partial charge in [0.1, 0.15) is 0 Å². The van der Waals surface area contributed by atoms with Crippen molar-refractivity contribution in [3.05, 3.63) is 29.8 Å². The van der Waals surface area contributed by atoms with Crippen LogP contribution in [0.1, 0.15) is 37.7 Å². The zero-order chi connectivity index (χ0) is 16.0. The molecule has 0 spiro atoms. The molecule has 4 heteroatoms. The second-order valence-electron chi connectivity index (χ2n) is 7.38. The molecule has 2 amide bonds. The molecule has 0 radical (unpaired) electrons. The van der Waals surface area contributed by atoms with E-state index >= 15 is 0 Å². The van der Waals surface area contributed by atoms with Gasteiger partial charge in [0.05, 0.1) is 18.2 Å². The quantitative estimate of drug-likeness (QED) is 0.789. The topological polar surface area (TPSA) is 40.6 Å². The summed E-state index contributed by atoms with van der Waals surface area (Å²) in [7, 11) is 0. The molecule has 1 aromatic carbocycles. The summed E-state index contributed by atoms with van der Waals surface area (Å²) in [6, 6.07) is 7.41. The maximum atomic E-state index is 12.9. The van der Waals surface area contributed by atoms with Crippen molar-refractivity contribution in [1.29, 1.82) is 0 Å². The number of fused-ring (bicyclic) bond motifs is 1. The summed E-state index contributed by atoms with van der Waals surface area (Å²) in [6.45, 7) is 4.00.